The zero-order valence-electron chi connectivity index (χ0n) is 22.6. The fourth-order valence-electron chi connectivity index (χ4n) is 4.68. The first-order valence-electron chi connectivity index (χ1n) is 13.3. The summed E-state index contributed by atoms with van der Waals surface area (Å²) in [5, 5.41) is 8.48. The molecule has 40 heavy (non-hydrogen) atoms. The molecular formula is C31H32N6O2S. The number of nitrogens with zero attached hydrogens (tertiary/aromatic N) is 3. The highest BCUT2D eigenvalue weighted by atomic mass is 32.1. The topological polar surface area (TPSA) is 103 Å². The van der Waals surface area contributed by atoms with E-state index in [1.165, 1.54) is 16.7 Å². The van der Waals surface area contributed by atoms with E-state index in [0.717, 1.165) is 35.2 Å². The molecule has 0 aliphatic rings. The van der Waals surface area contributed by atoms with E-state index < -0.39 is 0 Å². The fourth-order valence-corrected chi connectivity index (χ4v) is 5.20. The second-order valence-electron chi connectivity index (χ2n) is 9.80. The number of anilines is 1. The van der Waals surface area contributed by atoms with Crippen molar-refractivity contribution in [3.05, 3.63) is 101 Å². The molecule has 204 valence electrons. The number of fused-ring (bicyclic) bond motifs is 1. The molecule has 2 aromatic heterocycles. The molecule has 0 spiro atoms. The van der Waals surface area contributed by atoms with Crippen molar-refractivity contribution >= 4 is 39.6 Å². The number of thiazole rings is 1. The van der Waals surface area contributed by atoms with Crippen molar-refractivity contribution in [2.45, 2.75) is 25.3 Å². The molecule has 5 aromatic rings. The molecule has 3 aromatic carbocycles. The molecule has 2 amide bonds. The average molecular weight is 553 g/mol. The van der Waals surface area contributed by atoms with Crippen LogP contribution in [0.5, 0.6) is 0 Å². The molecule has 0 radical (unpaired) electrons. The number of imidazole rings is 1. The molecule has 1 atom stereocenters. The van der Waals surface area contributed by atoms with E-state index in [-0.39, 0.29) is 17.9 Å². The minimum absolute atomic E-state index is 0.0922. The van der Waals surface area contributed by atoms with Crippen LogP contribution in [0.1, 0.15) is 51.2 Å². The van der Waals surface area contributed by atoms with Gasteiger partial charge >= 0.3 is 0 Å². The molecule has 0 saturated heterocycles. The number of unbranched alkanes of at least 4 members (excludes halogenated alkanes) is 1. The van der Waals surface area contributed by atoms with Gasteiger partial charge in [0.2, 0.25) is 0 Å². The number of nitrogens with one attached hydrogen (secondary N) is 3. The number of rotatable bonds is 11. The van der Waals surface area contributed by atoms with Gasteiger partial charge in [-0.3, -0.25) is 14.6 Å². The number of benzene rings is 3. The second kappa shape index (κ2) is 12.6. The lowest BCUT2D eigenvalue weighted by Crippen LogP contribution is -2.29. The van der Waals surface area contributed by atoms with Gasteiger partial charge in [-0.25, -0.2) is 4.98 Å². The normalized spacial score (nSPS) is 11.8. The Kier molecular flexibility index (Phi) is 8.51. The fraction of sp³-hybridized carbons (Fsp3) is 0.226. The Morgan fingerprint density at radius 2 is 1.75 bits per heavy atom. The van der Waals surface area contributed by atoms with Crippen molar-refractivity contribution in [3.8, 4) is 11.3 Å². The molecule has 0 saturated carbocycles. The van der Waals surface area contributed by atoms with Gasteiger partial charge in [-0.15, -0.1) is 11.3 Å². The third-order valence-corrected chi connectivity index (χ3v) is 7.55. The molecule has 8 nitrogen and oxygen atoms in total. The number of carbonyl (C=O) groups is 2. The first-order valence-corrected chi connectivity index (χ1v) is 14.2. The minimum atomic E-state index is -0.311. The van der Waals surface area contributed by atoms with Crippen molar-refractivity contribution in [1.82, 2.24) is 25.6 Å². The van der Waals surface area contributed by atoms with Crippen molar-refractivity contribution in [3.63, 3.8) is 0 Å². The third-order valence-electron chi connectivity index (χ3n) is 6.78. The monoisotopic (exact) mass is 552 g/mol. The quantitative estimate of drug-likeness (QED) is 0.179. The van der Waals surface area contributed by atoms with E-state index in [0.29, 0.717) is 29.2 Å². The summed E-state index contributed by atoms with van der Waals surface area (Å²) in [4.78, 5) is 40.2. The molecule has 3 N–H and O–H groups in total. The maximum absolute atomic E-state index is 12.9. The Bertz CT molecular complexity index is 1590. The first-order chi connectivity index (χ1) is 19.5. The Morgan fingerprint density at radius 3 is 2.55 bits per heavy atom. The van der Waals surface area contributed by atoms with Gasteiger partial charge in [0.15, 0.2) is 0 Å². The Balaban J connectivity index is 1.24. The maximum atomic E-state index is 12.9. The number of hydrogen-bond donors (Lipinski definition) is 3. The average Bonchev–Trinajstić information content (AvgIpc) is 3.69. The standard InChI is InChI=1S/C31H32N6O2S/c1-37(2)27-13-6-5-11-24(27)30(38)33-16-8-7-12-25(36-31(39)28-19-32-20-40-28)29-34-18-26(35-29)23-15-14-21-9-3-4-10-22(21)17-23/h3-6,9-11,13-15,17-20,25H,7-8,12,16H2,1-2H3,(H,33,38)(H,34,35)(H,36,39)/t25-/m0/s1. The van der Waals surface area contributed by atoms with Crippen LogP contribution < -0.4 is 15.5 Å². The van der Waals surface area contributed by atoms with Gasteiger partial charge < -0.3 is 20.5 Å². The highest BCUT2D eigenvalue weighted by Crippen LogP contribution is 2.26. The van der Waals surface area contributed by atoms with Gasteiger partial charge in [-0.05, 0) is 48.2 Å². The highest BCUT2D eigenvalue weighted by molar-refractivity contribution is 7.11. The summed E-state index contributed by atoms with van der Waals surface area (Å²) in [7, 11) is 3.85. The summed E-state index contributed by atoms with van der Waals surface area (Å²) in [6.45, 7) is 0.538. The van der Waals surface area contributed by atoms with Crippen molar-refractivity contribution in [1.29, 1.82) is 0 Å². The van der Waals surface area contributed by atoms with Gasteiger partial charge in [0, 0.05) is 31.9 Å². The molecule has 0 aliphatic carbocycles. The lowest BCUT2D eigenvalue weighted by molar-refractivity contribution is 0.0935. The number of para-hydroxylation sites is 1. The number of aromatic amines is 1. The van der Waals surface area contributed by atoms with E-state index in [1.807, 2.05) is 61.6 Å². The number of hydrogen-bond acceptors (Lipinski definition) is 6. The predicted octanol–water partition coefficient (Wildman–Crippen LogP) is 5.82. The molecule has 9 heteroatoms. The Hall–Kier alpha value is -4.50. The molecule has 0 aliphatic heterocycles. The number of H-pyrrole nitrogens is 1. The molecule has 0 bridgehead atoms. The smallest absolute Gasteiger partial charge is 0.263 e. The Labute approximate surface area is 237 Å². The Morgan fingerprint density at radius 1 is 0.950 bits per heavy atom. The molecule has 0 fully saturated rings. The van der Waals surface area contributed by atoms with Gasteiger partial charge in [0.25, 0.3) is 11.8 Å². The van der Waals surface area contributed by atoms with Gasteiger partial charge in [-0.2, -0.15) is 0 Å². The van der Waals surface area contributed by atoms with Crippen molar-refractivity contribution < 1.29 is 9.59 Å². The summed E-state index contributed by atoms with van der Waals surface area (Å²) in [6, 6.07) is 21.8. The van der Waals surface area contributed by atoms with Crippen LogP contribution in [-0.4, -0.2) is 47.4 Å². The summed E-state index contributed by atoms with van der Waals surface area (Å²) >= 11 is 1.30. The van der Waals surface area contributed by atoms with E-state index in [9.17, 15) is 9.59 Å². The SMILES string of the molecule is CN(C)c1ccccc1C(=O)NCCCC[C@H](NC(=O)c1cncs1)c1ncc(-c2ccc3ccccc3c2)[nH]1. The van der Waals surface area contributed by atoms with Crippen molar-refractivity contribution in [2.24, 2.45) is 0 Å². The highest BCUT2D eigenvalue weighted by Gasteiger charge is 2.20. The zero-order chi connectivity index (χ0) is 27.9. The van der Waals surface area contributed by atoms with Crippen LogP contribution in [0.25, 0.3) is 22.0 Å². The number of amides is 2. The zero-order valence-corrected chi connectivity index (χ0v) is 23.4. The lowest BCUT2D eigenvalue weighted by Gasteiger charge is -2.18. The van der Waals surface area contributed by atoms with Crippen LogP contribution in [0.15, 0.2) is 84.6 Å². The maximum Gasteiger partial charge on any atom is 0.263 e. The third kappa shape index (κ3) is 6.38. The van der Waals surface area contributed by atoms with E-state index >= 15 is 0 Å². The predicted molar refractivity (Wildman–Crippen MR) is 161 cm³/mol. The largest absolute Gasteiger partial charge is 0.377 e. The van der Waals surface area contributed by atoms with Crippen LogP contribution in [-0.2, 0) is 0 Å². The van der Waals surface area contributed by atoms with E-state index in [2.05, 4.69) is 55.9 Å². The van der Waals surface area contributed by atoms with Crippen LogP contribution in [0.4, 0.5) is 5.69 Å². The molecule has 0 unspecified atom stereocenters. The summed E-state index contributed by atoms with van der Waals surface area (Å²) in [5.74, 6) is 0.431. The van der Waals surface area contributed by atoms with Gasteiger partial charge in [-0.1, -0.05) is 48.5 Å². The van der Waals surface area contributed by atoms with Crippen LogP contribution >= 0.6 is 11.3 Å². The van der Waals surface area contributed by atoms with E-state index in [1.54, 1.807) is 11.7 Å². The summed E-state index contributed by atoms with van der Waals surface area (Å²) < 4.78 is 0. The molecular weight excluding hydrogens is 520 g/mol. The summed E-state index contributed by atoms with van der Waals surface area (Å²) in [5.41, 5.74) is 5.10. The first kappa shape index (κ1) is 27.1. The van der Waals surface area contributed by atoms with Crippen LogP contribution in [0, 0.1) is 0 Å². The van der Waals surface area contributed by atoms with Crippen LogP contribution in [0.2, 0.25) is 0 Å². The number of carbonyl (C=O) groups excluding carboxylic acids is 2. The van der Waals surface area contributed by atoms with Gasteiger partial charge in [0.05, 0.1) is 35.2 Å². The summed E-state index contributed by atoms with van der Waals surface area (Å²) in [6.07, 6.45) is 5.60. The van der Waals surface area contributed by atoms with Crippen molar-refractivity contribution in [2.75, 3.05) is 25.5 Å². The lowest BCUT2D eigenvalue weighted by atomic mass is 10.1. The second-order valence-corrected chi connectivity index (χ2v) is 10.7. The molecule has 2 heterocycles. The van der Waals surface area contributed by atoms with E-state index in [4.69, 9.17) is 0 Å². The molecule has 5 rings (SSSR count). The van der Waals surface area contributed by atoms with Crippen LogP contribution in [0.3, 0.4) is 0 Å². The number of aromatic nitrogens is 3. The minimum Gasteiger partial charge on any atom is -0.377 e. The van der Waals surface area contributed by atoms with Gasteiger partial charge in [0.1, 0.15) is 10.7 Å².